The van der Waals surface area contributed by atoms with Crippen molar-refractivity contribution in [1.29, 1.82) is 5.26 Å². The van der Waals surface area contributed by atoms with Crippen molar-refractivity contribution in [1.82, 2.24) is 4.98 Å². The van der Waals surface area contributed by atoms with E-state index >= 15 is 0 Å². The van der Waals surface area contributed by atoms with Crippen molar-refractivity contribution in [3.05, 3.63) is 28.0 Å². The maximum atomic E-state index is 12.6. The van der Waals surface area contributed by atoms with E-state index in [4.69, 9.17) is 16.9 Å². The molecule has 4 nitrogen and oxygen atoms in total. The molecule has 0 saturated heterocycles. The number of alkyl halides is 2. The van der Waals surface area contributed by atoms with Gasteiger partial charge in [-0.15, -0.1) is 0 Å². The molecule has 0 aliphatic heterocycles. The van der Waals surface area contributed by atoms with Crippen LogP contribution in [0.3, 0.4) is 0 Å². The van der Waals surface area contributed by atoms with Gasteiger partial charge in [0.1, 0.15) is 11.8 Å². The number of ether oxygens (including phenoxy) is 1. The van der Waals surface area contributed by atoms with E-state index in [9.17, 15) is 13.6 Å². The number of nitrogens with zero attached hydrogens (tertiary/aromatic N) is 2. The third-order valence-electron chi connectivity index (χ3n) is 1.86. The van der Waals surface area contributed by atoms with E-state index in [0.717, 1.165) is 6.20 Å². The van der Waals surface area contributed by atoms with Crippen LogP contribution in [0.5, 0.6) is 0 Å². The fourth-order valence-electron chi connectivity index (χ4n) is 1.18. The van der Waals surface area contributed by atoms with E-state index in [1.54, 1.807) is 6.92 Å². The fraction of sp³-hybridized carbons (Fsp3) is 0.300. The fourth-order valence-corrected chi connectivity index (χ4v) is 1.40. The minimum atomic E-state index is -2.96. The molecule has 0 atom stereocenters. The molecule has 90 valence electrons. The Labute approximate surface area is 101 Å². The van der Waals surface area contributed by atoms with Crippen LogP contribution in [0.4, 0.5) is 8.78 Å². The number of hydrogen-bond donors (Lipinski definition) is 0. The number of pyridine rings is 1. The van der Waals surface area contributed by atoms with Gasteiger partial charge in [0.05, 0.1) is 22.8 Å². The van der Waals surface area contributed by atoms with Gasteiger partial charge in [-0.05, 0) is 6.92 Å². The Bertz CT molecular complexity index is 486. The molecular formula is C10H7ClF2N2O2. The Morgan fingerprint density at radius 1 is 1.71 bits per heavy atom. The van der Waals surface area contributed by atoms with Gasteiger partial charge in [0.2, 0.25) is 0 Å². The lowest BCUT2D eigenvalue weighted by Crippen LogP contribution is -2.11. The summed E-state index contributed by atoms with van der Waals surface area (Å²) in [6, 6.07) is 1.50. The average molecular weight is 261 g/mol. The molecule has 1 heterocycles. The standard InChI is InChI=1S/C10H7ClF2N2O2/c1-2-17-10(16)7-5(3-14)8(9(12)13)15-4-6(7)11/h4,9H,2H2,1H3. The van der Waals surface area contributed by atoms with Crippen molar-refractivity contribution in [3.8, 4) is 6.07 Å². The second-order valence-electron chi connectivity index (χ2n) is 2.87. The van der Waals surface area contributed by atoms with Crippen molar-refractivity contribution in [2.24, 2.45) is 0 Å². The van der Waals surface area contributed by atoms with Crippen molar-refractivity contribution in [2.45, 2.75) is 13.3 Å². The van der Waals surface area contributed by atoms with Crippen LogP contribution < -0.4 is 0 Å². The highest BCUT2D eigenvalue weighted by Crippen LogP contribution is 2.27. The van der Waals surface area contributed by atoms with E-state index in [1.165, 1.54) is 6.07 Å². The summed E-state index contributed by atoms with van der Waals surface area (Å²) in [6.07, 6.45) is -2.06. The summed E-state index contributed by atoms with van der Waals surface area (Å²) in [6.45, 7) is 1.60. The van der Waals surface area contributed by atoms with Gasteiger partial charge in [0.15, 0.2) is 0 Å². The van der Waals surface area contributed by atoms with Gasteiger partial charge in [-0.2, -0.15) is 5.26 Å². The molecule has 0 radical (unpaired) electrons. The zero-order valence-electron chi connectivity index (χ0n) is 8.71. The Kier molecular flexibility index (Phi) is 4.35. The van der Waals surface area contributed by atoms with Crippen molar-refractivity contribution in [3.63, 3.8) is 0 Å². The third-order valence-corrected chi connectivity index (χ3v) is 2.15. The first-order valence-electron chi connectivity index (χ1n) is 4.56. The van der Waals surface area contributed by atoms with Gasteiger partial charge < -0.3 is 4.74 Å². The number of rotatable bonds is 3. The second-order valence-corrected chi connectivity index (χ2v) is 3.28. The van der Waals surface area contributed by atoms with E-state index in [-0.39, 0.29) is 17.2 Å². The first-order chi connectivity index (χ1) is 8.02. The van der Waals surface area contributed by atoms with Gasteiger partial charge in [0, 0.05) is 6.20 Å². The van der Waals surface area contributed by atoms with E-state index in [0.29, 0.717) is 0 Å². The van der Waals surface area contributed by atoms with Crippen LogP contribution in [0.2, 0.25) is 5.02 Å². The summed E-state index contributed by atoms with van der Waals surface area (Å²) in [5.74, 6) is -0.918. The summed E-state index contributed by atoms with van der Waals surface area (Å²) in [5.41, 5.74) is -1.70. The van der Waals surface area contributed by atoms with E-state index < -0.39 is 23.7 Å². The molecule has 1 aromatic heterocycles. The lowest BCUT2D eigenvalue weighted by molar-refractivity contribution is 0.0525. The summed E-state index contributed by atoms with van der Waals surface area (Å²) < 4.78 is 29.8. The number of carbonyl (C=O) groups is 1. The Balaban J connectivity index is 3.42. The van der Waals surface area contributed by atoms with Crippen LogP contribution in [-0.2, 0) is 4.74 Å². The Morgan fingerprint density at radius 3 is 2.82 bits per heavy atom. The molecule has 1 aromatic rings. The number of aromatic nitrogens is 1. The largest absolute Gasteiger partial charge is 0.462 e. The molecule has 0 saturated carbocycles. The molecular weight excluding hydrogens is 254 g/mol. The zero-order chi connectivity index (χ0) is 13.0. The Morgan fingerprint density at radius 2 is 2.35 bits per heavy atom. The monoisotopic (exact) mass is 260 g/mol. The molecule has 1 rings (SSSR count). The van der Waals surface area contributed by atoms with Crippen LogP contribution in [0, 0.1) is 11.3 Å². The number of nitriles is 1. The molecule has 0 spiro atoms. The maximum Gasteiger partial charge on any atom is 0.341 e. The molecule has 0 aliphatic rings. The van der Waals surface area contributed by atoms with Crippen molar-refractivity contribution in [2.75, 3.05) is 6.61 Å². The number of esters is 1. The molecule has 0 unspecified atom stereocenters. The van der Waals surface area contributed by atoms with Crippen molar-refractivity contribution < 1.29 is 18.3 Å². The van der Waals surface area contributed by atoms with Crippen LogP contribution in [0.15, 0.2) is 6.20 Å². The normalized spacial score (nSPS) is 10.1. The molecule has 0 aromatic carbocycles. The van der Waals surface area contributed by atoms with Gasteiger partial charge in [-0.1, -0.05) is 11.6 Å². The van der Waals surface area contributed by atoms with Crippen LogP contribution in [-0.4, -0.2) is 17.6 Å². The van der Waals surface area contributed by atoms with E-state index in [1.807, 2.05) is 0 Å². The van der Waals surface area contributed by atoms with Gasteiger partial charge >= 0.3 is 5.97 Å². The highest BCUT2D eigenvalue weighted by molar-refractivity contribution is 6.33. The molecule has 0 N–H and O–H groups in total. The topological polar surface area (TPSA) is 63.0 Å². The lowest BCUT2D eigenvalue weighted by Gasteiger charge is -2.08. The molecule has 0 amide bonds. The average Bonchev–Trinajstić information content (AvgIpc) is 2.28. The molecule has 7 heteroatoms. The molecule has 17 heavy (non-hydrogen) atoms. The first-order valence-corrected chi connectivity index (χ1v) is 4.94. The molecule has 0 bridgehead atoms. The van der Waals surface area contributed by atoms with Crippen LogP contribution >= 0.6 is 11.6 Å². The van der Waals surface area contributed by atoms with Crippen LogP contribution in [0.1, 0.15) is 35.0 Å². The minimum absolute atomic E-state index is 0.0480. The third kappa shape index (κ3) is 2.68. The predicted molar refractivity (Wildman–Crippen MR) is 54.9 cm³/mol. The number of carbonyl (C=O) groups excluding carboxylic acids is 1. The summed E-state index contributed by atoms with van der Waals surface area (Å²) in [7, 11) is 0. The highest BCUT2D eigenvalue weighted by Gasteiger charge is 2.25. The van der Waals surface area contributed by atoms with Gasteiger partial charge in [0.25, 0.3) is 6.43 Å². The quantitative estimate of drug-likeness (QED) is 0.784. The predicted octanol–water partition coefficient (Wildman–Crippen LogP) is 2.72. The lowest BCUT2D eigenvalue weighted by atomic mass is 10.1. The molecule has 0 aliphatic carbocycles. The smallest absolute Gasteiger partial charge is 0.341 e. The number of halogens is 3. The SMILES string of the molecule is CCOC(=O)c1c(Cl)cnc(C(F)F)c1C#N. The zero-order valence-corrected chi connectivity index (χ0v) is 9.46. The minimum Gasteiger partial charge on any atom is -0.462 e. The highest BCUT2D eigenvalue weighted by atomic mass is 35.5. The number of hydrogen-bond acceptors (Lipinski definition) is 4. The van der Waals surface area contributed by atoms with E-state index in [2.05, 4.69) is 9.72 Å². The Hall–Kier alpha value is -1.74. The molecule has 0 fully saturated rings. The van der Waals surface area contributed by atoms with Gasteiger partial charge in [-0.3, -0.25) is 4.98 Å². The summed E-state index contributed by atoms with van der Waals surface area (Å²) in [5, 5.41) is 8.61. The summed E-state index contributed by atoms with van der Waals surface area (Å²) >= 11 is 5.66. The first kappa shape index (κ1) is 13.3. The van der Waals surface area contributed by atoms with Gasteiger partial charge in [-0.25, -0.2) is 13.6 Å². The summed E-state index contributed by atoms with van der Waals surface area (Å²) in [4.78, 5) is 14.8. The van der Waals surface area contributed by atoms with Crippen molar-refractivity contribution >= 4 is 17.6 Å². The maximum absolute atomic E-state index is 12.6. The van der Waals surface area contributed by atoms with Crippen LogP contribution in [0.25, 0.3) is 0 Å². The second kappa shape index (κ2) is 5.55.